The molecule has 0 radical (unpaired) electrons. The number of H-pyrrole nitrogens is 1. The van der Waals surface area contributed by atoms with E-state index in [0.29, 0.717) is 11.3 Å². The van der Waals surface area contributed by atoms with Crippen LogP contribution in [0.2, 0.25) is 0 Å². The number of hydrogen-bond acceptors (Lipinski definition) is 4. The van der Waals surface area contributed by atoms with Gasteiger partial charge in [0, 0.05) is 6.20 Å². The maximum Gasteiger partial charge on any atom is 0.354 e. The van der Waals surface area contributed by atoms with E-state index in [1.165, 1.54) is 0 Å². The standard InChI is InChI=1S/C9H8N4O2/c10-8-6(5-3-1-2-4-11-5)7(9(14)15)12-13-8/h1-4H,(H,14,15)(H3,10,12,13). The lowest BCUT2D eigenvalue weighted by Gasteiger charge is -1.98. The van der Waals surface area contributed by atoms with E-state index in [1.807, 2.05) is 0 Å². The number of aromatic amines is 1. The number of hydrogen-bond donors (Lipinski definition) is 3. The van der Waals surface area contributed by atoms with Crippen molar-refractivity contribution in [2.75, 3.05) is 5.73 Å². The quantitative estimate of drug-likeness (QED) is 0.669. The molecule has 0 fully saturated rings. The highest BCUT2D eigenvalue weighted by Crippen LogP contribution is 2.25. The Morgan fingerprint density at radius 3 is 2.87 bits per heavy atom. The molecule has 0 spiro atoms. The van der Waals surface area contributed by atoms with Gasteiger partial charge in [-0.2, -0.15) is 5.10 Å². The van der Waals surface area contributed by atoms with Crippen molar-refractivity contribution >= 4 is 11.8 Å². The summed E-state index contributed by atoms with van der Waals surface area (Å²) in [6.45, 7) is 0. The summed E-state index contributed by atoms with van der Waals surface area (Å²) in [4.78, 5) is 14.9. The SMILES string of the molecule is Nc1n[nH]c(C(=O)O)c1-c1ccccn1. The number of anilines is 1. The number of nitrogen functional groups attached to an aromatic ring is 1. The molecule has 0 saturated carbocycles. The highest BCUT2D eigenvalue weighted by molar-refractivity contribution is 5.96. The van der Waals surface area contributed by atoms with E-state index in [-0.39, 0.29) is 11.5 Å². The van der Waals surface area contributed by atoms with Crippen molar-refractivity contribution in [3.8, 4) is 11.3 Å². The third-order valence-corrected chi connectivity index (χ3v) is 1.93. The number of nitrogens with one attached hydrogen (secondary N) is 1. The number of pyridine rings is 1. The fourth-order valence-corrected chi connectivity index (χ4v) is 1.28. The molecule has 0 saturated heterocycles. The summed E-state index contributed by atoms with van der Waals surface area (Å²) in [5.74, 6) is -0.981. The summed E-state index contributed by atoms with van der Waals surface area (Å²) in [6.07, 6.45) is 1.56. The highest BCUT2D eigenvalue weighted by Gasteiger charge is 2.18. The van der Waals surface area contributed by atoms with Crippen LogP contribution in [-0.4, -0.2) is 26.3 Å². The van der Waals surface area contributed by atoms with Gasteiger partial charge in [0.05, 0.1) is 11.3 Å². The van der Waals surface area contributed by atoms with Gasteiger partial charge in [-0.3, -0.25) is 10.1 Å². The normalized spacial score (nSPS) is 10.1. The summed E-state index contributed by atoms with van der Waals surface area (Å²) < 4.78 is 0. The zero-order valence-corrected chi connectivity index (χ0v) is 7.64. The molecule has 0 unspecified atom stereocenters. The van der Waals surface area contributed by atoms with Crippen LogP contribution < -0.4 is 5.73 Å². The Morgan fingerprint density at radius 2 is 2.27 bits per heavy atom. The molecule has 4 N–H and O–H groups in total. The fourth-order valence-electron chi connectivity index (χ4n) is 1.28. The van der Waals surface area contributed by atoms with Gasteiger partial charge in [-0.15, -0.1) is 0 Å². The van der Waals surface area contributed by atoms with E-state index >= 15 is 0 Å². The molecular weight excluding hydrogens is 196 g/mol. The molecule has 6 heteroatoms. The largest absolute Gasteiger partial charge is 0.477 e. The van der Waals surface area contributed by atoms with Crippen LogP contribution in [0.4, 0.5) is 5.82 Å². The first-order chi connectivity index (χ1) is 7.20. The molecule has 0 bridgehead atoms. The number of aromatic carboxylic acids is 1. The monoisotopic (exact) mass is 204 g/mol. The van der Waals surface area contributed by atoms with Crippen LogP contribution in [-0.2, 0) is 0 Å². The second-order valence-corrected chi connectivity index (χ2v) is 2.88. The van der Waals surface area contributed by atoms with Gasteiger partial charge in [0.2, 0.25) is 0 Å². The number of carboxylic acid groups (broad SMARTS) is 1. The van der Waals surface area contributed by atoms with E-state index in [1.54, 1.807) is 24.4 Å². The van der Waals surface area contributed by atoms with Gasteiger partial charge in [0.15, 0.2) is 11.5 Å². The Kier molecular flexibility index (Phi) is 2.09. The van der Waals surface area contributed by atoms with Crippen LogP contribution in [0.25, 0.3) is 11.3 Å². The van der Waals surface area contributed by atoms with Crippen LogP contribution in [0.3, 0.4) is 0 Å². The van der Waals surface area contributed by atoms with Gasteiger partial charge in [0.25, 0.3) is 0 Å². The molecular formula is C9H8N4O2. The number of carboxylic acids is 1. The number of nitrogens with zero attached hydrogens (tertiary/aromatic N) is 2. The summed E-state index contributed by atoms with van der Waals surface area (Å²) in [5, 5.41) is 14.9. The second kappa shape index (κ2) is 3.41. The van der Waals surface area contributed by atoms with Crippen LogP contribution in [0.1, 0.15) is 10.5 Å². The average Bonchev–Trinajstić information content (AvgIpc) is 2.61. The first kappa shape index (κ1) is 9.20. The van der Waals surface area contributed by atoms with Crippen molar-refractivity contribution in [2.45, 2.75) is 0 Å². The fraction of sp³-hybridized carbons (Fsp3) is 0. The van der Waals surface area contributed by atoms with E-state index in [2.05, 4.69) is 15.2 Å². The van der Waals surface area contributed by atoms with Gasteiger partial charge >= 0.3 is 5.97 Å². The van der Waals surface area contributed by atoms with E-state index in [9.17, 15) is 4.79 Å². The second-order valence-electron chi connectivity index (χ2n) is 2.88. The van der Waals surface area contributed by atoms with E-state index in [4.69, 9.17) is 10.8 Å². The molecule has 0 aliphatic rings. The molecule has 0 aliphatic carbocycles. The minimum Gasteiger partial charge on any atom is -0.477 e. The molecule has 2 aromatic heterocycles. The Balaban J connectivity index is 2.62. The van der Waals surface area contributed by atoms with Crippen molar-refractivity contribution in [1.29, 1.82) is 0 Å². The van der Waals surface area contributed by atoms with Crippen LogP contribution >= 0.6 is 0 Å². The Labute approximate surface area is 84.8 Å². The smallest absolute Gasteiger partial charge is 0.354 e. The van der Waals surface area contributed by atoms with Crippen LogP contribution in [0.5, 0.6) is 0 Å². The van der Waals surface area contributed by atoms with Crippen LogP contribution in [0, 0.1) is 0 Å². The first-order valence-corrected chi connectivity index (χ1v) is 4.18. The van der Waals surface area contributed by atoms with Gasteiger partial charge in [-0.05, 0) is 12.1 Å². The molecule has 2 rings (SSSR count). The minimum atomic E-state index is -1.11. The Bertz CT molecular complexity index is 492. The lowest BCUT2D eigenvalue weighted by Crippen LogP contribution is -2.00. The third-order valence-electron chi connectivity index (χ3n) is 1.93. The zero-order valence-electron chi connectivity index (χ0n) is 7.64. The molecule has 0 amide bonds. The minimum absolute atomic E-state index is 0.0498. The number of rotatable bonds is 2. The Morgan fingerprint density at radius 1 is 1.47 bits per heavy atom. The lowest BCUT2D eigenvalue weighted by molar-refractivity contribution is 0.0691. The van der Waals surface area contributed by atoms with E-state index < -0.39 is 5.97 Å². The maximum absolute atomic E-state index is 10.9. The predicted molar refractivity (Wildman–Crippen MR) is 53.2 cm³/mol. The van der Waals surface area contributed by atoms with Gasteiger partial charge in [-0.25, -0.2) is 4.79 Å². The Hall–Kier alpha value is -2.37. The third kappa shape index (κ3) is 1.52. The first-order valence-electron chi connectivity index (χ1n) is 4.18. The van der Waals surface area contributed by atoms with Crippen molar-refractivity contribution in [1.82, 2.24) is 15.2 Å². The number of nitrogens with two attached hydrogens (primary N) is 1. The highest BCUT2D eigenvalue weighted by atomic mass is 16.4. The predicted octanol–water partition coefficient (Wildman–Crippen LogP) is 0.752. The summed E-state index contributed by atoms with van der Waals surface area (Å²) in [6, 6.07) is 5.16. The van der Waals surface area contributed by atoms with Gasteiger partial charge < -0.3 is 10.8 Å². The lowest BCUT2D eigenvalue weighted by atomic mass is 10.1. The van der Waals surface area contributed by atoms with Crippen molar-refractivity contribution in [2.24, 2.45) is 0 Å². The van der Waals surface area contributed by atoms with Crippen molar-refractivity contribution in [3.05, 3.63) is 30.1 Å². The van der Waals surface area contributed by atoms with E-state index in [0.717, 1.165) is 0 Å². The molecule has 76 valence electrons. The number of carbonyl (C=O) groups is 1. The summed E-state index contributed by atoms with van der Waals surface area (Å²) >= 11 is 0. The number of aromatic nitrogens is 3. The van der Waals surface area contributed by atoms with Crippen molar-refractivity contribution in [3.63, 3.8) is 0 Å². The average molecular weight is 204 g/mol. The van der Waals surface area contributed by atoms with Gasteiger partial charge in [0.1, 0.15) is 0 Å². The molecule has 0 atom stereocenters. The van der Waals surface area contributed by atoms with Gasteiger partial charge in [-0.1, -0.05) is 6.07 Å². The molecule has 2 heterocycles. The molecule has 0 aliphatic heterocycles. The van der Waals surface area contributed by atoms with Crippen LogP contribution in [0.15, 0.2) is 24.4 Å². The molecule has 2 aromatic rings. The molecule has 15 heavy (non-hydrogen) atoms. The summed E-state index contributed by atoms with van der Waals surface area (Å²) in [5.41, 5.74) is 6.33. The molecule has 6 nitrogen and oxygen atoms in total. The summed E-state index contributed by atoms with van der Waals surface area (Å²) in [7, 11) is 0. The topological polar surface area (TPSA) is 105 Å². The van der Waals surface area contributed by atoms with Crippen molar-refractivity contribution < 1.29 is 9.90 Å². The maximum atomic E-state index is 10.9. The zero-order chi connectivity index (χ0) is 10.8. The molecule has 0 aromatic carbocycles.